The van der Waals surface area contributed by atoms with Gasteiger partial charge in [0.05, 0.1) is 0 Å². The molecule has 0 spiro atoms. The summed E-state index contributed by atoms with van der Waals surface area (Å²) in [4.78, 5) is 12.2. The van der Waals surface area contributed by atoms with Crippen LogP contribution in [0.25, 0.3) is 6.08 Å². The number of carbonyl (C=O) groups is 1. The molecule has 2 rings (SSSR count). The molecule has 1 aromatic heterocycles. The number of nitriles is 1. The van der Waals surface area contributed by atoms with Crippen molar-refractivity contribution in [2.45, 2.75) is 58.4 Å². The maximum Gasteiger partial charge on any atom is 0.261 e. The van der Waals surface area contributed by atoms with E-state index in [1.165, 1.54) is 37.8 Å². The molecule has 25 heavy (non-hydrogen) atoms. The lowest BCUT2D eigenvalue weighted by atomic mass is 9.95. The van der Waals surface area contributed by atoms with Crippen LogP contribution in [0.1, 0.15) is 61.5 Å². The molecule has 5 nitrogen and oxygen atoms in total. The Balaban J connectivity index is 2.15. The van der Waals surface area contributed by atoms with Gasteiger partial charge in [0, 0.05) is 37.7 Å². The van der Waals surface area contributed by atoms with Crippen LogP contribution < -0.4 is 5.32 Å². The molecule has 0 radical (unpaired) electrons. The minimum atomic E-state index is -0.318. The fourth-order valence-corrected chi connectivity index (χ4v) is 3.67. The normalized spacial score (nSPS) is 15.8. The first-order valence-corrected chi connectivity index (χ1v) is 9.15. The molecule has 0 atom stereocenters. The van der Waals surface area contributed by atoms with Crippen LogP contribution in [-0.2, 0) is 9.53 Å². The average Bonchev–Trinajstić information content (AvgIpc) is 2.90. The van der Waals surface area contributed by atoms with E-state index in [0.29, 0.717) is 19.2 Å². The Bertz CT molecular complexity index is 661. The molecule has 0 unspecified atom stereocenters. The molecule has 1 aliphatic carbocycles. The molecule has 1 heterocycles. The first-order valence-electron chi connectivity index (χ1n) is 9.15. The fourth-order valence-electron chi connectivity index (χ4n) is 3.67. The summed E-state index contributed by atoms with van der Waals surface area (Å²) in [6.45, 7) is 5.29. The first kappa shape index (κ1) is 19.3. The van der Waals surface area contributed by atoms with Gasteiger partial charge >= 0.3 is 0 Å². The average molecular weight is 343 g/mol. The van der Waals surface area contributed by atoms with Gasteiger partial charge in [-0.25, -0.2) is 0 Å². The number of aryl methyl sites for hydroxylation is 1. The molecule has 1 saturated carbocycles. The maximum atomic E-state index is 12.2. The van der Waals surface area contributed by atoms with E-state index in [1.807, 2.05) is 6.07 Å². The highest BCUT2D eigenvalue weighted by Gasteiger charge is 2.20. The van der Waals surface area contributed by atoms with Crippen molar-refractivity contribution in [3.63, 3.8) is 0 Å². The van der Waals surface area contributed by atoms with Gasteiger partial charge in [-0.2, -0.15) is 5.26 Å². The first-order chi connectivity index (χ1) is 12.1. The second-order valence-electron chi connectivity index (χ2n) is 6.76. The Kier molecular flexibility index (Phi) is 7.27. The highest BCUT2D eigenvalue weighted by Crippen LogP contribution is 2.32. The molecule has 0 saturated heterocycles. The molecule has 5 heteroatoms. The van der Waals surface area contributed by atoms with E-state index in [0.717, 1.165) is 17.7 Å². The van der Waals surface area contributed by atoms with Crippen LogP contribution in [0, 0.1) is 25.2 Å². The van der Waals surface area contributed by atoms with E-state index in [2.05, 4.69) is 29.8 Å². The van der Waals surface area contributed by atoms with E-state index >= 15 is 0 Å². The number of nitrogens with zero attached hydrogens (tertiary/aromatic N) is 2. The fraction of sp³-hybridized carbons (Fsp3) is 0.600. The molecular weight excluding hydrogens is 314 g/mol. The van der Waals surface area contributed by atoms with Crippen molar-refractivity contribution in [1.82, 2.24) is 9.88 Å². The molecule has 0 aliphatic heterocycles. The van der Waals surface area contributed by atoms with Crippen LogP contribution in [-0.4, -0.2) is 30.7 Å². The van der Waals surface area contributed by atoms with Crippen molar-refractivity contribution < 1.29 is 9.53 Å². The minimum Gasteiger partial charge on any atom is -0.385 e. The van der Waals surface area contributed by atoms with Crippen LogP contribution in [0.4, 0.5) is 0 Å². The maximum absolute atomic E-state index is 12.2. The Morgan fingerprint density at radius 2 is 2.12 bits per heavy atom. The highest BCUT2D eigenvalue weighted by molar-refractivity contribution is 6.01. The Morgan fingerprint density at radius 1 is 1.40 bits per heavy atom. The number of ether oxygens (including phenoxy) is 1. The standard InChI is InChI=1S/C20H29N3O2/c1-15-12-17(16(2)23(15)19-8-5-4-6-9-19)13-18(14-21)20(24)22-10-7-11-25-3/h12-13,19H,4-11H2,1-3H3,(H,22,24)/b18-13-. The highest BCUT2D eigenvalue weighted by atomic mass is 16.5. The summed E-state index contributed by atoms with van der Waals surface area (Å²) < 4.78 is 7.35. The van der Waals surface area contributed by atoms with Gasteiger partial charge in [0.2, 0.25) is 0 Å². The molecule has 1 amide bonds. The van der Waals surface area contributed by atoms with Crippen molar-refractivity contribution in [1.29, 1.82) is 5.26 Å². The van der Waals surface area contributed by atoms with E-state index in [9.17, 15) is 10.1 Å². The summed E-state index contributed by atoms with van der Waals surface area (Å²) in [7, 11) is 1.63. The number of methoxy groups -OCH3 is 1. The number of hydrogen-bond donors (Lipinski definition) is 1. The summed E-state index contributed by atoms with van der Waals surface area (Å²) in [6, 6.07) is 4.66. The number of nitrogens with one attached hydrogen (secondary N) is 1. The Hall–Kier alpha value is -2.06. The topological polar surface area (TPSA) is 67.0 Å². The predicted octanol–water partition coefficient (Wildman–Crippen LogP) is 3.67. The summed E-state index contributed by atoms with van der Waals surface area (Å²) in [6.07, 6.45) is 8.75. The van der Waals surface area contributed by atoms with Crippen molar-refractivity contribution >= 4 is 12.0 Å². The van der Waals surface area contributed by atoms with Gasteiger partial charge in [-0.1, -0.05) is 19.3 Å². The van der Waals surface area contributed by atoms with Gasteiger partial charge in [-0.3, -0.25) is 4.79 Å². The molecule has 1 aromatic rings. The Labute approximate surface area is 150 Å². The lowest BCUT2D eigenvalue weighted by Crippen LogP contribution is -2.26. The molecular formula is C20H29N3O2. The summed E-state index contributed by atoms with van der Waals surface area (Å²) in [5.41, 5.74) is 3.46. The SMILES string of the molecule is COCCCNC(=O)/C(C#N)=C\c1cc(C)n(C2CCCCC2)c1C. The third kappa shape index (κ3) is 4.96. The monoisotopic (exact) mass is 343 g/mol. The van der Waals surface area contributed by atoms with Gasteiger partial charge in [0.25, 0.3) is 5.91 Å². The molecule has 1 fully saturated rings. The number of amides is 1. The number of aromatic nitrogens is 1. The number of rotatable bonds is 7. The molecule has 0 bridgehead atoms. The quantitative estimate of drug-likeness (QED) is 0.467. The number of carbonyl (C=O) groups excluding carboxylic acids is 1. The molecule has 136 valence electrons. The summed E-state index contributed by atoms with van der Waals surface area (Å²) in [5, 5.41) is 12.1. The zero-order valence-electron chi connectivity index (χ0n) is 15.6. The molecule has 1 N–H and O–H groups in total. The van der Waals surface area contributed by atoms with Crippen molar-refractivity contribution in [2.75, 3.05) is 20.3 Å². The second-order valence-corrected chi connectivity index (χ2v) is 6.76. The van der Waals surface area contributed by atoms with E-state index < -0.39 is 0 Å². The van der Waals surface area contributed by atoms with Crippen LogP contribution >= 0.6 is 0 Å². The smallest absolute Gasteiger partial charge is 0.261 e. The van der Waals surface area contributed by atoms with Crippen LogP contribution in [0.3, 0.4) is 0 Å². The van der Waals surface area contributed by atoms with Crippen LogP contribution in [0.2, 0.25) is 0 Å². The van der Waals surface area contributed by atoms with Crippen molar-refractivity contribution in [3.8, 4) is 6.07 Å². The van der Waals surface area contributed by atoms with Gasteiger partial charge in [0.1, 0.15) is 11.6 Å². The largest absolute Gasteiger partial charge is 0.385 e. The third-order valence-corrected chi connectivity index (χ3v) is 4.94. The van der Waals surface area contributed by atoms with Gasteiger partial charge < -0.3 is 14.6 Å². The van der Waals surface area contributed by atoms with Gasteiger partial charge in [0.15, 0.2) is 0 Å². The van der Waals surface area contributed by atoms with Crippen molar-refractivity contribution in [2.24, 2.45) is 0 Å². The molecule has 0 aromatic carbocycles. The minimum absolute atomic E-state index is 0.154. The van der Waals surface area contributed by atoms with Crippen molar-refractivity contribution in [3.05, 3.63) is 28.6 Å². The third-order valence-electron chi connectivity index (χ3n) is 4.94. The van der Waals surface area contributed by atoms with E-state index in [4.69, 9.17) is 4.74 Å². The number of hydrogen-bond acceptors (Lipinski definition) is 3. The van der Waals surface area contributed by atoms with Gasteiger partial charge in [-0.05, 0) is 50.8 Å². The van der Waals surface area contributed by atoms with Gasteiger partial charge in [-0.15, -0.1) is 0 Å². The summed E-state index contributed by atoms with van der Waals surface area (Å²) >= 11 is 0. The Morgan fingerprint density at radius 3 is 2.76 bits per heavy atom. The predicted molar refractivity (Wildman–Crippen MR) is 99.1 cm³/mol. The van der Waals surface area contributed by atoms with E-state index in [1.54, 1.807) is 13.2 Å². The lowest BCUT2D eigenvalue weighted by Gasteiger charge is -2.26. The zero-order chi connectivity index (χ0) is 18.2. The zero-order valence-corrected chi connectivity index (χ0v) is 15.6. The van der Waals surface area contributed by atoms with Crippen LogP contribution in [0.5, 0.6) is 0 Å². The second kappa shape index (κ2) is 9.43. The van der Waals surface area contributed by atoms with Crippen LogP contribution in [0.15, 0.2) is 11.6 Å². The molecule has 1 aliphatic rings. The van der Waals surface area contributed by atoms with E-state index in [-0.39, 0.29) is 11.5 Å². The lowest BCUT2D eigenvalue weighted by molar-refractivity contribution is -0.117. The summed E-state index contributed by atoms with van der Waals surface area (Å²) in [5.74, 6) is -0.318.